The molecule has 3 nitrogen and oxygen atoms in total. The third-order valence-corrected chi connectivity index (χ3v) is 4.66. The molecule has 2 rings (SSSR count). The molecule has 1 amide bonds. The second kappa shape index (κ2) is 7.07. The molecule has 0 aliphatic heterocycles. The number of nitrogens with zero attached hydrogens (tertiary/aromatic N) is 1. The van der Waals surface area contributed by atoms with E-state index in [1.54, 1.807) is 0 Å². The molecule has 1 fully saturated rings. The molecule has 1 aromatic rings. The molecule has 0 bridgehead atoms. The highest BCUT2D eigenvalue weighted by molar-refractivity contribution is 6.18. The summed E-state index contributed by atoms with van der Waals surface area (Å²) in [6.07, 6.45) is 4.87. The molecule has 110 valence electrons. The molecule has 1 aromatic heterocycles. The molecule has 0 spiro atoms. The van der Waals surface area contributed by atoms with Gasteiger partial charge in [0.1, 0.15) is 0 Å². The number of aryl methyl sites for hydroxylation is 2. The van der Waals surface area contributed by atoms with Crippen molar-refractivity contribution in [3.05, 3.63) is 29.1 Å². The highest BCUT2D eigenvalue weighted by atomic mass is 35.5. The van der Waals surface area contributed by atoms with E-state index < -0.39 is 0 Å². The van der Waals surface area contributed by atoms with E-state index in [1.807, 2.05) is 26.0 Å². The van der Waals surface area contributed by atoms with Crippen LogP contribution in [0.1, 0.15) is 47.4 Å². The average molecular weight is 295 g/mol. The Kier molecular flexibility index (Phi) is 5.41. The molecule has 1 heterocycles. The van der Waals surface area contributed by atoms with Crippen molar-refractivity contribution in [2.24, 2.45) is 11.8 Å². The highest BCUT2D eigenvalue weighted by Crippen LogP contribution is 2.30. The van der Waals surface area contributed by atoms with Crippen molar-refractivity contribution < 1.29 is 4.79 Å². The summed E-state index contributed by atoms with van der Waals surface area (Å²) in [6.45, 7) is 4.54. The molecule has 1 aliphatic rings. The van der Waals surface area contributed by atoms with Crippen LogP contribution in [-0.4, -0.2) is 23.3 Å². The zero-order chi connectivity index (χ0) is 14.5. The predicted molar refractivity (Wildman–Crippen MR) is 82.2 cm³/mol. The van der Waals surface area contributed by atoms with E-state index in [1.165, 1.54) is 25.7 Å². The summed E-state index contributed by atoms with van der Waals surface area (Å²) in [5.41, 5.74) is 2.41. The van der Waals surface area contributed by atoms with Crippen LogP contribution in [-0.2, 0) is 0 Å². The van der Waals surface area contributed by atoms with Crippen LogP contribution in [0.5, 0.6) is 0 Å². The first-order chi connectivity index (χ1) is 9.61. The second-order valence-corrected chi connectivity index (χ2v) is 6.06. The van der Waals surface area contributed by atoms with E-state index in [-0.39, 0.29) is 5.91 Å². The first-order valence-corrected chi connectivity index (χ1v) is 7.93. The number of amides is 1. The molecule has 1 aliphatic carbocycles. The minimum Gasteiger partial charge on any atom is -0.352 e. The van der Waals surface area contributed by atoms with Crippen molar-refractivity contribution in [3.8, 4) is 0 Å². The quantitative estimate of drug-likeness (QED) is 0.864. The lowest BCUT2D eigenvalue weighted by Crippen LogP contribution is -2.35. The Bertz CT molecular complexity index is 476. The van der Waals surface area contributed by atoms with Gasteiger partial charge in [-0.15, -0.1) is 11.6 Å². The number of carbonyl (C=O) groups is 1. The molecular weight excluding hydrogens is 272 g/mol. The first kappa shape index (κ1) is 15.3. The van der Waals surface area contributed by atoms with Gasteiger partial charge in [0.25, 0.3) is 5.91 Å². The lowest BCUT2D eigenvalue weighted by Gasteiger charge is -2.30. The number of rotatable bonds is 4. The van der Waals surface area contributed by atoms with Gasteiger partial charge in [0, 0.05) is 18.1 Å². The third kappa shape index (κ3) is 3.72. The third-order valence-electron chi connectivity index (χ3n) is 4.26. The molecule has 0 aromatic carbocycles. The van der Waals surface area contributed by atoms with Gasteiger partial charge in [-0.25, -0.2) is 0 Å². The van der Waals surface area contributed by atoms with Crippen molar-refractivity contribution in [3.63, 3.8) is 0 Å². The number of alkyl halides is 1. The minimum atomic E-state index is -0.0195. The summed E-state index contributed by atoms with van der Waals surface area (Å²) >= 11 is 6.03. The molecule has 0 radical (unpaired) electrons. The number of aromatic nitrogens is 1. The van der Waals surface area contributed by atoms with Crippen molar-refractivity contribution in [1.82, 2.24) is 10.3 Å². The molecule has 1 N–H and O–H groups in total. The number of carbonyl (C=O) groups excluding carboxylic acids is 1. The Morgan fingerprint density at radius 3 is 2.65 bits per heavy atom. The smallest absolute Gasteiger partial charge is 0.253 e. The van der Waals surface area contributed by atoms with Crippen LogP contribution >= 0.6 is 11.6 Å². The molecule has 4 heteroatoms. The summed E-state index contributed by atoms with van der Waals surface area (Å²) in [7, 11) is 0. The van der Waals surface area contributed by atoms with Crippen molar-refractivity contribution in [2.45, 2.75) is 39.5 Å². The lowest BCUT2D eigenvalue weighted by atomic mass is 9.80. The largest absolute Gasteiger partial charge is 0.352 e. The normalized spacial score (nSPS) is 22.6. The predicted octanol–water partition coefficient (Wildman–Crippen LogP) is 3.47. The van der Waals surface area contributed by atoms with Crippen molar-refractivity contribution >= 4 is 17.5 Å². The summed E-state index contributed by atoms with van der Waals surface area (Å²) in [4.78, 5) is 16.6. The van der Waals surface area contributed by atoms with E-state index in [0.29, 0.717) is 23.3 Å². The number of pyridine rings is 1. The fourth-order valence-electron chi connectivity index (χ4n) is 3.00. The Morgan fingerprint density at radius 1 is 1.30 bits per heavy atom. The number of halogens is 1. The Hall–Kier alpha value is -1.09. The zero-order valence-corrected chi connectivity index (χ0v) is 13.0. The SMILES string of the molecule is Cc1ccc(C(=O)NCC2CCCCC2CCl)c(C)n1. The van der Waals surface area contributed by atoms with Gasteiger partial charge in [-0.1, -0.05) is 12.8 Å². The van der Waals surface area contributed by atoms with Gasteiger partial charge >= 0.3 is 0 Å². The summed E-state index contributed by atoms with van der Waals surface area (Å²) in [6, 6.07) is 3.73. The maximum Gasteiger partial charge on any atom is 0.253 e. The van der Waals surface area contributed by atoms with Crippen molar-refractivity contribution in [1.29, 1.82) is 0 Å². The van der Waals surface area contributed by atoms with Crippen LogP contribution in [0.25, 0.3) is 0 Å². The minimum absolute atomic E-state index is 0.0195. The van der Waals surface area contributed by atoms with Gasteiger partial charge in [-0.2, -0.15) is 0 Å². The first-order valence-electron chi connectivity index (χ1n) is 7.40. The monoisotopic (exact) mass is 294 g/mol. The molecule has 0 saturated heterocycles. The molecular formula is C16H23ClN2O. The number of hydrogen-bond acceptors (Lipinski definition) is 2. The van der Waals surface area contributed by atoms with Crippen LogP contribution in [0.15, 0.2) is 12.1 Å². The topological polar surface area (TPSA) is 42.0 Å². The van der Waals surface area contributed by atoms with Crippen molar-refractivity contribution in [2.75, 3.05) is 12.4 Å². The second-order valence-electron chi connectivity index (χ2n) is 5.75. The zero-order valence-electron chi connectivity index (χ0n) is 12.3. The van der Waals surface area contributed by atoms with E-state index >= 15 is 0 Å². The van der Waals surface area contributed by atoms with Gasteiger partial charge in [0.05, 0.1) is 11.3 Å². The fourth-order valence-corrected chi connectivity index (χ4v) is 3.41. The lowest BCUT2D eigenvalue weighted by molar-refractivity contribution is 0.0935. The molecule has 2 unspecified atom stereocenters. The van der Waals surface area contributed by atoms with E-state index in [2.05, 4.69) is 10.3 Å². The van der Waals surface area contributed by atoms with Crippen LogP contribution in [0.2, 0.25) is 0 Å². The van der Waals surface area contributed by atoms with E-state index in [4.69, 9.17) is 11.6 Å². The van der Waals surface area contributed by atoms with Crippen LogP contribution in [0, 0.1) is 25.7 Å². The Labute approximate surface area is 126 Å². The number of hydrogen-bond donors (Lipinski definition) is 1. The Morgan fingerprint density at radius 2 is 2.00 bits per heavy atom. The average Bonchev–Trinajstić information content (AvgIpc) is 2.45. The van der Waals surface area contributed by atoms with Crippen LogP contribution in [0.3, 0.4) is 0 Å². The van der Waals surface area contributed by atoms with Crippen LogP contribution < -0.4 is 5.32 Å². The van der Waals surface area contributed by atoms with E-state index in [9.17, 15) is 4.79 Å². The van der Waals surface area contributed by atoms with E-state index in [0.717, 1.165) is 17.9 Å². The summed E-state index contributed by atoms with van der Waals surface area (Å²) in [5.74, 6) is 1.74. The maximum absolute atomic E-state index is 12.2. The highest BCUT2D eigenvalue weighted by Gasteiger charge is 2.24. The van der Waals surface area contributed by atoms with Gasteiger partial charge in [0.2, 0.25) is 0 Å². The fraction of sp³-hybridized carbons (Fsp3) is 0.625. The Balaban J connectivity index is 1.94. The molecule has 2 atom stereocenters. The molecule has 20 heavy (non-hydrogen) atoms. The summed E-state index contributed by atoms with van der Waals surface area (Å²) < 4.78 is 0. The van der Waals surface area contributed by atoms with Crippen LogP contribution in [0.4, 0.5) is 0 Å². The molecule has 1 saturated carbocycles. The maximum atomic E-state index is 12.2. The standard InChI is InChI=1S/C16H23ClN2O/c1-11-7-8-15(12(2)19-11)16(20)18-10-14-6-4-3-5-13(14)9-17/h7-8,13-14H,3-6,9-10H2,1-2H3,(H,18,20). The number of nitrogens with one attached hydrogen (secondary N) is 1. The summed E-state index contributed by atoms with van der Waals surface area (Å²) in [5, 5.41) is 3.06. The van der Waals surface area contributed by atoms with Gasteiger partial charge in [-0.05, 0) is 50.7 Å². The van der Waals surface area contributed by atoms with Gasteiger partial charge in [-0.3, -0.25) is 9.78 Å². The van der Waals surface area contributed by atoms with Gasteiger partial charge in [0.15, 0.2) is 0 Å². The van der Waals surface area contributed by atoms with Gasteiger partial charge < -0.3 is 5.32 Å².